The minimum Gasteiger partial charge on any atom is -0.395 e. The van der Waals surface area contributed by atoms with E-state index in [2.05, 4.69) is 78.2 Å². The highest BCUT2D eigenvalue weighted by Gasteiger charge is 2.29. The predicted molar refractivity (Wildman–Crippen MR) is 229 cm³/mol. The second-order valence-electron chi connectivity index (χ2n) is 13.9. The minimum absolute atomic E-state index is 0.0254. The maximum atomic E-state index is 15.1. The number of nitrogens with one attached hydrogen (secondary N) is 1. The van der Waals surface area contributed by atoms with Gasteiger partial charge in [-0.1, -0.05) is 115 Å². The van der Waals surface area contributed by atoms with Gasteiger partial charge < -0.3 is 5.11 Å². The van der Waals surface area contributed by atoms with Crippen LogP contribution in [0.5, 0.6) is 0 Å². The molecule has 8 heteroatoms. The zero-order chi connectivity index (χ0) is 39.1. The first-order valence-electron chi connectivity index (χ1n) is 18.5. The van der Waals surface area contributed by atoms with E-state index in [1.54, 1.807) is 36.4 Å². The van der Waals surface area contributed by atoms with E-state index in [0.29, 0.717) is 10.6 Å². The van der Waals surface area contributed by atoms with Crippen molar-refractivity contribution in [2.75, 3.05) is 17.8 Å². The molecule has 0 fully saturated rings. The number of aliphatic hydroxyl groups is 1. The van der Waals surface area contributed by atoms with E-state index in [-0.39, 0.29) is 16.8 Å². The predicted octanol–water partition coefficient (Wildman–Crippen LogP) is 10.9. The minimum atomic E-state index is -4.19. The number of rotatable bonds is 10. The van der Waals surface area contributed by atoms with Crippen LogP contribution < -0.4 is 5.43 Å². The van der Waals surface area contributed by atoms with E-state index < -0.39 is 32.9 Å². The number of para-hydroxylation sites is 1. The van der Waals surface area contributed by atoms with Crippen molar-refractivity contribution in [1.29, 1.82) is 0 Å². The van der Waals surface area contributed by atoms with Gasteiger partial charge in [0.1, 0.15) is 5.69 Å². The van der Waals surface area contributed by atoms with Gasteiger partial charge in [-0.25, -0.2) is 8.42 Å². The number of hydrogen-bond acceptors (Lipinski definition) is 5. The number of sulfone groups is 1. The lowest BCUT2D eigenvalue weighted by Gasteiger charge is -2.16. The van der Waals surface area contributed by atoms with Crippen LogP contribution in [-0.2, 0) is 9.84 Å². The molecule has 0 aliphatic carbocycles. The molecule has 0 saturated heterocycles. The van der Waals surface area contributed by atoms with Crippen molar-refractivity contribution in [2.45, 2.75) is 4.90 Å². The number of fused-ring (bicyclic) bond motifs is 6. The van der Waals surface area contributed by atoms with Gasteiger partial charge in [0.15, 0.2) is 20.5 Å². The largest absolute Gasteiger partial charge is 0.395 e. The molecule has 2 N–H and O–H groups in total. The molecule has 0 amide bonds. The van der Waals surface area contributed by atoms with Crippen LogP contribution in [0.1, 0.15) is 15.9 Å². The summed E-state index contributed by atoms with van der Waals surface area (Å²) in [5, 5.41) is 18.1. The number of carbonyl (C=O) groups is 1. The Balaban J connectivity index is 1.30. The van der Waals surface area contributed by atoms with Crippen molar-refractivity contribution in [3.8, 4) is 22.3 Å². The average molecular weight is 763 g/mol. The fourth-order valence-corrected chi connectivity index (χ4v) is 8.91. The number of nitrogens with zero attached hydrogens (tertiary/aromatic N) is 1. The first-order chi connectivity index (χ1) is 27.8. The Hall–Kier alpha value is -7.00. The van der Waals surface area contributed by atoms with E-state index >= 15 is 4.79 Å². The van der Waals surface area contributed by atoms with Crippen LogP contribution in [0.25, 0.3) is 65.3 Å². The fourth-order valence-electron chi connectivity index (χ4n) is 7.74. The van der Waals surface area contributed by atoms with Crippen molar-refractivity contribution in [3.63, 3.8) is 0 Å². The monoisotopic (exact) mass is 762 g/mol. The van der Waals surface area contributed by atoms with Crippen molar-refractivity contribution in [3.05, 3.63) is 192 Å². The number of benzene rings is 9. The number of carbonyl (C=O) groups excluding carboxylic acids is 1. The zero-order valence-electron chi connectivity index (χ0n) is 30.5. The number of anilines is 1. The molecule has 0 unspecified atom stereocenters. The molecule has 0 spiro atoms. The molecule has 0 aliphatic rings. The fraction of sp³-hybridized carbons (Fsp3) is 0.0408. The first-order valence-corrected chi connectivity index (χ1v) is 20.1. The molecule has 0 heterocycles. The molecule has 1 radical (unpaired) electrons. The summed E-state index contributed by atoms with van der Waals surface area (Å²) in [4.78, 5) is 28.6. The zero-order valence-corrected chi connectivity index (χ0v) is 31.3. The van der Waals surface area contributed by atoms with Gasteiger partial charge >= 0.3 is 0 Å². The number of aliphatic hydroxyl groups excluding tert-OH is 1. The van der Waals surface area contributed by atoms with Crippen LogP contribution in [0.3, 0.4) is 0 Å². The average Bonchev–Trinajstić information content (AvgIpc) is 3.25. The van der Waals surface area contributed by atoms with E-state index in [1.165, 1.54) is 12.1 Å². The quantitative estimate of drug-likeness (QED) is 0.0622. The van der Waals surface area contributed by atoms with Gasteiger partial charge in [-0.05, 0) is 108 Å². The van der Waals surface area contributed by atoms with Gasteiger partial charge in [-0.2, -0.15) is 0 Å². The van der Waals surface area contributed by atoms with E-state index in [4.69, 9.17) is 0 Å². The topological polar surface area (TPSA) is 104 Å². The molecule has 0 aromatic heterocycles. The Labute approximate surface area is 328 Å². The van der Waals surface area contributed by atoms with Gasteiger partial charge in [-0.3, -0.25) is 4.79 Å². The first kappa shape index (κ1) is 35.7. The highest BCUT2D eigenvalue weighted by atomic mass is 32.2. The lowest BCUT2D eigenvalue weighted by molar-refractivity contribution is -0.427. The molecule has 0 aliphatic heterocycles. The maximum absolute atomic E-state index is 15.1. The summed E-state index contributed by atoms with van der Waals surface area (Å²) < 4.78 is 27.3. The van der Waals surface area contributed by atoms with Crippen LogP contribution in [0.4, 0.5) is 11.4 Å². The van der Waals surface area contributed by atoms with Gasteiger partial charge in [-0.15, -0.1) is 5.43 Å². The Bertz CT molecular complexity index is 3040. The SMILES string of the molecule is O=C(c1cc(-c2cc3ccccc3c3ccccc23)cc(-c2cc3ccccc3c3ccccc23)c1)c1cc([N+](=O)Nc2ccccc2)c[c]c1S(=O)(=O)CCO. The molecule has 275 valence electrons. The molecule has 0 atom stereocenters. The molecule has 9 aromatic carbocycles. The van der Waals surface area contributed by atoms with Crippen LogP contribution in [0.2, 0.25) is 0 Å². The maximum Gasteiger partial charge on any atom is 0.293 e. The standard InChI is InChI=1S/C49H34N2O5S/c52-24-25-57(55,56)48-23-22-38(51(54)50-37-14-2-1-3-15-37)31-47(48)49(53)36-27-34(45-29-32-12-4-6-16-39(32)41-18-8-10-20-43(41)45)26-35(28-36)46-30-33-13-5-7-17-40(33)42-19-9-11-21-44(42)46/h1-22,26-31,52H,24-25H2,(H,50,54)/q+1. The molecule has 57 heavy (non-hydrogen) atoms. The molecule has 9 aromatic rings. The third kappa shape index (κ3) is 6.61. The Morgan fingerprint density at radius 2 is 1.09 bits per heavy atom. The summed E-state index contributed by atoms with van der Waals surface area (Å²) in [6, 6.07) is 56.6. The smallest absolute Gasteiger partial charge is 0.293 e. The molecule has 0 bridgehead atoms. The lowest BCUT2D eigenvalue weighted by Crippen LogP contribution is -2.17. The molecule has 9 rings (SSSR count). The highest BCUT2D eigenvalue weighted by molar-refractivity contribution is 7.91. The summed E-state index contributed by atoms with van der Waals surface area (Å²) >= 11 is 0. The third-order valence-corrected chi connectivity index (χ3v) is 12.1. The second-order valence-corrected chi connectivity index (χ2v) is 16.0. The molecular weight excluding hydrogens is 729 g/mol. The molecular formula is C49H34N2O5S+. The van der Waals surface area contributed by atoms with Crippen LogP contribution in [0, 0.1) is 11.0 Å². The van der Waals surface area contributed by atoms with Gasteiger partial charge in [0.25, 0.3) is 5.69 Å². The summed E-state index contributed by atoms with van der Waals surface area (Å²) in [7, 11) is -4.19. The van der Waals surface area contributed by atoms with E-state index in [0.717, 1.165) is 65.3 Å². The van der Waals surface area contributed by atoms with Crippen molar-refractivity contribution in [2.24, 2.45) is 0 Å². The van der Waals surface area contributed by atoms with Crippen LogP contribution >= 0.6 is 0 Å². The number of hydrazine groups is 1. The van der Waals surface area contributed by atoms with Gasteiger partial charge in [0.2, 0.25) is 0 Å². The van der Waals surface area contributed by atoms with Crippen molar-refractivity contribution >= 4 is 70.1 Å². The Morgan fingerprint density at radius 1 is 0.596 bits per heavy atom. The lowest BCUT2D eigenvalue weighted by atomic mass is 9.87. The van der Waals surface area contributed by atoms with Crippen LogP contribution in [0.15, 0.2) is 175 Å². The van der Waals surface area contributed by atoms with E-state index in [1.807, 2.05) is 54.6 Å². The summed E-state index contributed by atoms with van der Waals surface area (Å²) in [6.07, 6.45) is 0. The number of hydrogen-bond donors (Lipinski definition) is 2. The summed E-state index contributed by atoms with van der Waals surface area (Å²) in [5.74, 6) is -1.24. The van der Waals surface area contributed by atoms with E-state index in [9.17, 15) is 18.4 Å². The van der Waals surface area contributed by atoms with Gasteiger partial charge in [0, 0.05) is 29.3 Å². The van der Waals surface area contributed by atoms with Crippen molar-refractivity contribution in [1.82, 2.24) is 0 Å². The number of ketones is 1. The van der Waals surface area contributed by atoms with Gasteiger partial charge in [0.05, 0.1) is 22.2 Å². The Morgan fingerprint density at radius 3 is 1.63 bits per heavy atom. The summed E-state index contributed by atoms with van der Waals surface area (Å²) in [5.41, 5.74) is 6.50. The Kier molecular flexibility index (Phi) is 9.13. The summed E-state index contributed by atoms with van der Waals surface area (Å²) in [6.45, 7) is -0.654. The normalized spacial score (nSPS) is 11.7. The highest BCUT2D eigenvalue weighted by Crippen LogP contribution is 2.41. The third-order valence-electron chi connectivity index (χ3n) is 10.4. The van der Waals surface area contributed by atoms with Crippen molar-refractivity contribution < 1.29 is 23.2 Å². The second kappa shape index (κ2) is 14.6. The molecule has 0 saturated carbocycles. The molecule has 7 nitrogen and oxygen atoms in total. The van der Waals surface area contributed by atoms with Crippen LogP contribution in [-0.4, -0.2) is 36.5 Å². The number of nitroso groups, excluding NO2 is 1.